The maximum absolute atomic E-state index is 14.6. The van der Waals surface area contributed by atoms with E-state index in [0.717, 1.165) is 36.1 Å². The Labute approximate surface area is 158 Å². The molecule has 3 heterocycles. The molecule has 8 heteroatoms. The molecule has 0 saturated heterocycles. The van der Waals surface area contributed by atoms with Gasteiger partial charge in [0.25, 0.3) is 0 Å². The summed E-state index contributed by atoms with van der Waals surface area (Å²) in [7, 11) is 1.94. The molecule has 0 atom stereocenters. The summed E-state index contributed by atoms with van der Waals surface area (Å²) in [6.45, 7) is 1.65. The van der Waals surface area contributed by atoms with E-state index >= 15 is 0 Å². The van der Waals surface area contributed by atoms with Crippen LogP contribution in [0.4, 0.5) is 22.0 Å². The summed E-state index contributed by atoms with van der Waals surface area (Å²) in [5, 5.41) is 0.529. The summed E-state index contributed by atoms with van der Waals surface area (Å²) in [4.78, 5) is 5.76. The van der Waals surface area contributed by atoms with Crippen molar-refractivity contribution in [3.8, 4) is 0 Å². The average molecular weight is 395 g/mol. The maximum Gasteiger partial charge on any atom is 0.417 e. The van der Waals surface area contributed by atoms with Crippen LogP contribution in [0.3, 0.4) is 0 Å². The minimum atomic E-state index is -4.46. The summed E-state index contributed by atoms with van der Waals surface area (Å²) < 4.78 is 68.9. The van der Waals surface area contributed by atoms with Crippen molar-refractivity contribution in [2.24, 2.45) is 0 Å². The number of aromatic nitrogens is 2. The molecule has 0 aliphatic carbocycles. The van der Waals surface area contributed by atoms with Crippen LogP contribution in [0.2, 0.25) is 0 Å². The highest BCUT2D eigenvalue weighted by Gasteiger charge is 2.31. The fraction of sp³-hybridized carbons (Fsp3) is 0.350. The number of hydrogen-bond donors (Lipinski definition) is 0. The van der Waals surface area contributed by atoms with Gasteiger partial charge in [-0.05, 0) is 36.7 Å². The van der Waals surface area contributed by atoms with Crippen molar-refractivity contribution < 1.29 is 22.0 Å². The number of likely N-dealkylation sites (N-methyl/N-ethyl adjacent to an activating group) is 1. The molecule has 1 aliphatic rings. The Kier molecular flexibility index (Phi) is 4.61. The third-order valence-electron chi connectivity index (χ3n) is 5.20. The Morgan fingerprint density at radius 3 is 2.64 bits per heavy atom. The summed E-state index contributed by atoms with van der Waals surface area (Å²) in [5.74, 6) is -1.30. The Bertz CT molecular complexity index is 1040. The van der Waals surface area contributed by atoms with E-state index in [4.69, 9.17) is 0 Å². The third-order valence-corrected chi connectivity index (χ3v) is 5.20. The lowest BCUT2D eigenvalue weighted by atomic mass is 10.0. The number of aryl methyl sites for hydroxylation is 2. The van der Waals surface area contributed by atoms with E-state index in [0.29, 0.717) is 36.0 Å². The van der Waals surface area contributed by atoms with Gasteiger partial charge < -0.3 is 9.47 Å². The van der Waals surface area contributed by atoms with Gasteiger partial charge in [0.2, 0.25) is 0 Å². The molecule has 148 valence electrons. The van der Waals surface area contributed by atoms with Crippen LogP contribution in [0.1, 0.15) is 22.4 Å². The summed E-state index contributed by atoms with van der Waals surface area (Å²) >= 11 is 0. The van der Waals surface area contributed by atoms with Gasteiger partial charge in [0.05, 0.1) is 11.1 Å². The van der Waals surface area contributed by atoms with Gasteiger partial charge in [0, 0.05) is 55.6 Å². The monoisotopic (exact) mass is 395 g/mol. The minimum absolute atomic E-state index is 0.264. The molecule has 1 aromatic carbocycles. The molecule has 0 bridgehead atoms. The van der Waals surface area contributed by atoms with Gasteiger partial charge in [-0.25, -0.2) is 8.78 Å². The number of benzene rings is 1. The van der Waals surface area contributed by atoms with Crippen molar-refractivity contribution in [1.29, 1.82) is 0 Å². The third kappa shape index (κ3) is 3.37. The topological polar surface area (TPSA) is 21.1 Å². The number of rotatable bonds is 3. The second-order valence-corrected chi connectivity index (χ2v) is 7.18. The zero-order chi connectivity index (χ0) is 20.1. The van der Waals surface area contributed by atoms with Crippen LogP contribution in [-0.4, -0.2) is 28.0 Å². The Morgan fingerprint density at radius 2 is 1.89 bits per heavy atom. The lowest BCUT2D eigenvalue weighted by Crippen LogP contribution is -2.27. The van der Waals surface area contributed by atoms with Crippen LogP contribution in [0.15, 0.2) is 30.6 Å². The first-order valence-electron chi connectivity index (χ1n) is 8.92. The predicted molar refractivity (Wildman–Crippen MR) is 94.8 cm³/mol. The zero-order valence-corrected chi connectivity index (χ0v) is 15.2. The molecule has 0 radical (unpaired) electrons. The van der Waals surface area contributed by atoms with Gasteiger partial charge in [-0.15, -0.1) is 0 Å². The highest BCUT2D eigenvalue weighted by molar-refractivity contribution is 5.86. The Morgan fingerprint density at radius 1 is 1.11 bits per heavy atom. The van der Waals surface area contributed by atoms with Gasteiger partial charge in [0.15, 0.2) is 0 Å². The molecule has 3 nitrogen and oxygen atoms in total. The van der Waals surface area contributed by atoms with Crippen LogP contribution >= 0.6 is 0 Å². The fourth-order valence-electron chi connectivity index (χ4n) is 3.90. The zero-order valence-electron chi connectivity index (χ0n) is 15.2. The first-order valence-corrected chi connectivity index (χ1v) is 8.92. The number of pyridine rings is 1. The molecule has 28 heavy (non-hydrogen) atoms. The average Bonchev–Trinajstić information content (AvgIpc) is 2.93. The molecule has 2 aromatic heterocycles. The summed E-state index contributed by atoms with van der Waals surface area (Å²) in [6.07, 6.45) is -1.36. The van der Waals surface area contributed by atoms with Crippen LogP contribution < -0.4 is 0 Å². The maximum atomic E-state index is 14.6. The summed E-state index contributed by atoms with van der Waals surface area (Å²) in [6, 6.07) is 3.24. The number of hydrogen-bond acceptors (Lipinski definition) is 2. The molecular formula is C20H18F5N3. The molecule has 1 aliphatic heterocycles. The lowest BCUT2D eigenvalue weighted by Gasteiger charge is -2.24. The second-order valence-electron chi connectivity index (χ2n) is 7.18. The molecule has 0 spiro atoms. The van der Waals surface area contributed by atoms with Crippen molar-refractivity contribution >= 4 is 10.9 Å². The molecule has 3 aromatic rings. The van der Waals surface area contributed by atoms with Crippen molar-refractivity contribution in [2.45, 2.75) is 32.1 Å². The van der Waals surface area contributed by atoms with Gasteiger partial charge in [0.1, 0.15) is 11.6 Å². The van der Waals surface area contributed by atoms with E-state index in [1.165, 1.54) is 12.3 Å². The van der Waals surface area contributed by atoms with Crippen molar-refractivity contribution in [3.63, 3.8) is 0 Å². The van der Waals surface area contributed by atoms with E-state index in [1.807, 2.05) is 7.05 Å². The second kappa shape index (κ2) is 6.84. The Balaban J connectivity index is 1.73. The number of halogens is 5. The molecular weight excluding hydrogens is 377 g/mol. The quantitative estimate of drug-likeness (QED) is 0.606. The molecule has 4 rings (SSSR count). The smallest absolute Gasteiger partial charge is 0.342 e. The predicted octanol–water partition coefficient (Wildman–Crippen LogP) is 4.56. The summed E-state index contributed by atoms with van der Waals surface area (Å²) in [5.41, 5.74) is 1.71. The van der Waals surface area contributed by atoms with Gasteiger partial charge in [-0.2, -0.15) is 13.2 Å². The Hall–Kier alpha value is -2.48. The van der Waals surface area contributed by atoms with E-state index in [1.54, 1.807) is 4.57 Å². The molecule has 0 saturated carbocycles. The van der Waals surface area contributed by atoms with Crippen LogP contribution in [0.25, 0.3) is 10.9 Å². The minimum Gasteiger partial charge on any atom is -0.342 e. The van der Waals surface area contributed by atoms with Crippen LogP contribution in [0.5, 0.6) is 0 Å². The van der Waals surface area contributed by atoms with E-state index in [9.17, 15) is 22.0 Å². The SMILES string of the molecule is CN1CCc2c(c3cc(F)cc(F)c3n2CCc2cncc(C(F)(F)F)c2)C1. The number of alkyl halides is 3. The molecule has 0 fully saturated rings. The van der Waals surface area contributed by atoms with E-state index in [2.05, 4.69) is 9.88 Å². The van der Waals surface area contributed by atoms with Gasteiger partial charge in [-0.1, -0.05) is 0 Å². The normalized spacial score (nSPS) is 15.2. The van der Waals surface area contributed by atoms with Crippen molar-refractivity contribution in [3.05, 3.63) is 64.6 Å². The fourth-order valence-corrected chi connectivity index (χ4v) is 3.90. The highest BCUT2D eigenvalue weighted by atomic mass is 19.4. The van der Waals surface area contributed by atoms with Gasteiger partial charge >= 0.3 is 6.18 Å². The van der Waals surface area contributed by atoms with Crippen LogP contribution in [-0.2, 0) is 32.1 Å². The molecule has 0 amide bonds. The molecule has 0 unspecified atom stereocenters. The van der Waals surface area contributed by atoms with Crippen molar-refractivity contribution in [2.75, 3.05) is 13.6 Å². The highest BCUT2D eigenvalue weighted by Crippen LogP contribution is 2.33. The van der Waals surface area contributed by atoms with Crippen LogP contribution in [0, 0.1) is 11.6 Å². The molecule has 0 N–H and O–H groups in total. The van der Waals surface area contributed by atoms with Gasteiger partial charge in [-0.3, -0.25) is 4.98 Å². The lowest BCUT2D eigenvalue weighted by molar-refractivity contribution is -0.137. The number of nitrogens with zero attached hydrogens (tertiary/aromatic N) is 3. The largest absolute Gasteiger partial charge is 0.417 e. The number of fused-ring (bicyclic) bond motifs is 3. The first-order chi connectivity index (χ1) is 13.2. The standard InChI is InChI=1S/C20H18F5N3/c1-27-4-3-18-16(11-27)15-7-14(21)8-17(22)19(15)28(18)5-2-12-6-13(10-26-9-12)20(23,24)25/h6-10H,2-5,11H2,1H3. The first kappa shape index (κ1) is 18.9. The van der Waals surface area contributed by atoms with E-state index in [-0.39, 0.29) is 6.42 Å². The van der Waals surface area contributed by atoms with Crippen molar-refractivity contribution in [1.82, 2.24) is 14.5 Å². The van der Waals surface area contributed by atoms with E-state index < -0.39 is 23.4 Å².